The predicted molar refractivity (Wildman–Crippen MR) is 94.5 cm³/mol. The molecule has 0 unspecified atom stereocenters. The second-order valence-electron chi connectivity index (χ2n) is 6.34. The Labute approximate surface area is 155 Å². The number of rotatable bonds is 6. The molecule has 1 heterocycles. The molecule has 0 fully saturated rings. The first-order valence-corrected chi connectivity index (χ1v) is 8.66. The van der Waals surface area contributed by atoms with E-state index in [1.807, 2.05) is 0 Å². The first-order valence-electron chi connectivity index (χ1n) is 8.66. The maximum absolute atomic E-state index is 13.9. The molecule has 0 aromatic heterocycles. The summed E-state index contributed by atoms with van der Waals surface area (Å²) in [5.41, 5.74) is 1.64. The largest absolute Gasteiger partial charge is 0.390 e. The highest BCUT2D eigenvalue weighted by molar-refractivity contribution is 6.01. The van der Waals surface area contributed by atoms with Crippen LogP contribution in [0.15, 0.2) is 47.6 Å². The number of hydrogen-bond donors (Lipinski definition) is 0. The van der Waals surface area contributed by atoms with Crippen molar-refractivity contribution in [2.75, 3.05) is 6.54 Å². The summed E-state index contributed by atoms with van der Waals surface area (Å²) in [5.74, 6) is -1.87. The molecule has 0 spiro atoms. The lowest BCUT2D eigenvalue weighted by atomic mass is 10.0. The average molecular weight is 376 g/mol. The lowest BCUT2D eigenvalue weighted by Gasteiger charge is -2.24. The van der Waals surface area contributed by atoms with E-state index in [-0.39, 0.29) is 42.9 Å². The van der Waals surface area contributed by atoms with E-state index < -0.39 is 11.6 Å². The van der Waals surface area contributed by atoms with Crippen LogP contribution in [0.3, 0.4) is 0 Å². The van der Waals surface area contributed by atoms with Gasteiger partial charge in [-0.25, -0.2) is 13.2 Å². The average Bonchev–Trinajstić information content (AvgIpc) is 3.11. The van der Waals surface area contributed by atoms with Crippen molar-refractivity contribution >= 4 is 11.6 Å². The third-order valence-electron chi connectivity index (χ3n) is 4.37. The smallest absolute Gasteiger partial charge is 0.222 e. The Morgan fingerprint density at radius 3 is 2.52 bits per heavy atom. The van der Waals surface area contributed by atoms with Crippen LogP contribution in [0, 0.1) is 17.5 Å². The van der Waals surface area contributed by atoms with Crippen molar-refractivity contribution in [3.8, 4) is 0 Å². The van der Waals surface area contributed by atoms with Crippen LogP contribution in [-0.2, 0) is 16.2 Å². The maximum Gasteiger partial charge on any atom is 0.222 e. The highest BCUT2D eigenvalue weighted by Gasteiger charge is 2.27. The maximum atomic E-state index is 13.9. The number of oxime groups is 1. The second kappa shape index (κ2) is 8.24. The lowest BCUT2D eigenvalue weighted by molar-refractivity contribution is -0.133. The Morgan fingerprint density at radius 1 is 1.15 bits per heavy atom. The molecule has 1 aliphatic rings. The Balaban J connectivity index is 1.67. The zero-order valence-electron chi connectivity index (χ0n) is 14.8. The minimum atomic E-state index is -0.695. The molecule has 0 radical (unpaired) electrons. The van der Waals surface area contributed by atoms with Gasteiger partial charge in [0, 0.05) is 31.0 Å². The minimum Gasteiger partial charge on any atom is -0.390 e. The Hall–Kier alpha value is -2.83. The van der Waals surface area contributed by atoms with Gasteiger partial charge in [0.25, 0.3) is 0 Å². The number of nitrogens with zero attached hydrogens (tertiary/aromatic N) is 2. The summed E-state index contributed by atoms with van der Waals surface area (Å²) in [4.78, 5) is 19.2. The zero-order chi connectivity index (χ0) is 19.4. The SMILES string of the molecule is CCC(=O)N(Cc1ccc(F)cc1F)C[C@H]1CC(c2ccc(F)cc2)=NO1. The Morgan fingerprint density at radius 2 is 1.85 bits per heavy atom. The number of benzene rings is 2. The van der Waals surface area contributed by atoms with Crippen molar-refractivity contribution in [3.63, 3.8) is 0 Å². The molecule has 0 bridgehead atoms. The minimum absolute atomic E-state index is 0.0184. The van der Waals surface area contributed by atoms with Gasteiger partial charge < -0.3 is 9.74 Å². The van der Waals surface area contributed by atoms with Crippen molar-refractivity contribution in [1.29, 1.82) is 0 Å². The van der Waals surface area contributed by atoms with Crippen LogP contribution < -0.4 is 0 Å². The summed E-state index contributed by atoms with van der Waals surface area (Å²) >= 11 is 0. The molecule has 0 saturated carbocycles. The number of hydrogen-bond acceptors (Lipinski definition) is 3. The van der Waals surface area contributed by atoms with Gasteiger partial charge in [-0.3, -0.25) is 4.79 Å². The van der Waals surface area contributed by atoms with Crippen LogP contribution in [0.4, 0.5) is 13.2 Å². The van der Waals surface area contributed by atoms with Gasteiger partial charge in [-0.05, 0) is 23.8 Å². The molecule has 0 aliphatic carbocycles. The molecule has 1 amide bonds. The van der Waals surface area contributed by atoms with Crippen molar-refractivity contribution in [3.05, 3.63) is 71.0 Å². The monoisotopic (exact) mass is 376 g/mol. The fraction of sp³-hybridized carbons (Fsp3) is 0.300. The van der Waals surface area contributed by atoms with E-state index in [4.69, 9.17) is 4.84 Å². The molecule has 1 aliphatic heterocycles. The highest BCUT2D eigenvalue weighted by Crippen LogP contribution is 2.20. The summed E-state index contributed by atoms with van der Waals surface area (Å²) in [6.07, 6.45) is 0.316. The summed E-state index contributed by atoms with van der Waals surface area (Å²) in [7, 11) is 0. The van der Waals surface area contributed by atoms with Crippen LogP contribution in [-0.4, -0.2) is 29.2 Å². The molecule has 0 N–H and O–H groups in total. The van der Waals surface area contributed by atoms with Crippen LogP contribution in [0.5, 0.6) is 0 Å². The molecule has 2 aromatic rings. The fourth-order valence-corrected chi connectivity index (χ4v) is 2.92. The zero-order valence-corrected chi connectivity index (χ0v) is 14.8. The second-order valence-corrected chi connectivity index (χ2v) is 6.34. The summed E-state index contributed by atoms with van der Waals surface area (Å²) in [5, 5.41) is 4.02. The Bertz CT molecular complexity index is 853. The third-order valence-corrected chi connectivity index (χ3v) is 4.37. The molecular weight excluding hydrogens is 357 g/mol. The third kappa shape index (κ3) is 4.67. The van der Waals surface area contributed by atoms with Gasteiger partial charge in [0.2, 0.25) is 5.91 Å². The summed E-state index contributed by atoms with van der Waals surface area (Å²) in [6.45, 7) is 1.95. The Kier molecular flexibility index (Phi) is 5.78. The molecule has 27 heavy (non-hydrogen) atoms. The van der Waals surface area contributed by atoms with Crippen LogP contribution in [0.1, 0.15) is 30.9 Å². The molecule has 4 nitrogen and oxygen atoms in total. The normalized spacial score (nSPS) is 16.0. The summed E-state index contributed by atoms with van der Waals surface area (Å²) < 4.78 is 40.1. The molecular formula is C20H19F3N2O2. The van der Waals surface area contributed by atoms with Crippen LogP contribution >= 0.6 is 0 Å². The van der Waals surface area contributed by atoms with E-state index >= 15 is 0 Å². The molecule has 142 valence electrons. The molecule has 2 aromatic carbocycles. The van der Waals surface area contributed by atoms with Crippen molar-refractivity contribution in [2.24, 2.45) is 5.16 Å². The number of carbonyl (C=O) groups excluding carboxylic acids is 1. The quantitative estimate of drug-likeness (QED) is 0.764. The van der Waals surface area contributed by atoms with E-state index in [9.17, 15) is 18.0 Å². The van der Waals surface area contributed by atoms with Gasteiger partial charge in [-0.1, -0.05) is 30.3 Å². The molecule has 3 rings (SSSR count). The topological polar surface area (TPSA) is 41.9 Å². The standard InChI is InChI=1S/C20H19F3N2O2/c1-2-20(26)25(11-14-5-8-16(22)9-18(14)23)12-17-10-19(24-27-17)13-3-6-15(21)7-4-13/h3-9,17H,2,10-12H2,1H3/t17-/m1/s1. The van der Waals surface area contributed by atoms with E-state index in [2.05, 4.69) is 5.16 Å². The van der Waals surface area contributed by atoms with E-state index in [1.54, 1.807) is 19.1 Å². The number of amides is 1. The van der Waals surface area contributed by atoms with Gasteiger partial charge in [-0.2, -0.15) is 0 Å². The number of carbonyl (C=O) groups is 1. The molecule has 1 atom stereocenters. The van der Waals surface area contributed by atoms with Gasteiger partial charge in [0.15, 0.2) is 6.10 Å². The van der Waals surface area contributed by atoms with Crippen LogP contribution in [0.25, 0.3) is 0 Å². The highest BCUT2D eigenvalue weighted by atomic mass is 19.1. The molecule has 0 saturated heterocycles. The van der Waals surface area contributed by atoms with Gasteiger partial charge >= 0.3 is 0 Å². The van der Waals surface area contributed by atoms with Crippen molar-refractivity contribution in [2.45, 2.75) is 32.4 Å². The van der Waals surface area contributed by atoms with Crippen molar-refractivity contribution < 1.29 is 22.8 Å². The summed E-state index contributed by atoms with van der Waals surface area (Å²) in [6, 6.07) is 9.20. The lowest BCUT2D eigenvalue weighted by Crippen LogP contribution is -2.37. The first-order chi connectivity index (χ1) is 13.0. The van der Waals surface area contributed by atoms with Crippen LogP contribution in [0.2, 0.25) is 0 Å². The van der Waals surface area contributed by atoms with Gasteiger partial charge in [-0.15, -0.1) is 0 Å². The van der Waals surface area contributed by atoms with Crippen molar-refractivity contribution in [1.82, 2.24) is 4.90 Å². The predicted octanol–water partition coefficient (Wildman–Crippen LogP) is 4.04. The first kappa shape index (κ1) is 18.9. The van der Waals surface area contributed by atoms with E-state index in [0.717, 1.165) is 17.7 Å². The van der Waals surface area contributed by atoms with E-state index in [1.165, 1.54) is 23.1 Å². The van der Waals surface area contributed by atoms with E-state index in [0.29, 0.717) is 12.1 Å². The molecule has 7 heteroatoms. The van der Waals surface area contributed by atoms with Gasteiger partial charge in [0.05, 0.1) is 12.3 Å². The van der Waals surface area contributed by atoms with Gasteiger partial charge in [0.1, 0.15) is 17.5 Å². The number of halogens is 3. The fourth-order valence-electron chi connectivity index (χ4n) is 2.92.